The van der Waals surface area contributed by atoms with Crippen LogP contribution in [-0.4, -0.2) is 38.1 Å². The molecule has 1 aromatic rings. The Labute approximate surface area is 111 Å². The SMILES string of the molecule is CCc1ccc(CCN(C)CC2CCNC2)cc1. The quantitative estimate of drug-likeness (QED) is 0.829. The summed E-state index contributed by atoms with van der Waals surface area (Å²) in [4.78, 5) is 2.48. The first-order valence-electron chi connectivity index (χ1n) is 7.25. The molecule has 1 heterocycles. The maximum atomic E-state index is 3.44. The van der Waals surface area contributed by atoms with Gasteiger partial charge in [0, 0.05) is 13.1 Å². The van der Waals surface area contributed by atoms with Crippen molar-refractivity contribution in [3.63, 3.8) is 0 Å². The molecule has 1 aliphatic rings. The molecule has 1 aliphatic heterocycles. The summed E-state index contributed by atoms with van der Waals surface area (Å²) in [6.45, 7) is 7.02. The lowest BCUT2D eigenvalue weighted by molar-refractivity contribution is 0.288. The number of hydrogen-bond acceptors (Lipinski definition) is 2. The summed E-state index contributed by atoms with van der Waals surface area (Å²) >= 11 is 0. The Morgan fingerprint density at radius 2 is 1.94 bits per heavy atom. The van der Waals surface area contributed by atoms with Crippen LogP contribution in [0.5, 0.6) is 0 Å². The van der Waals surface area contributed by atoms with Crippen LogP contribution >= 0.6 is 0 Å². The fraction of sp³-hybridized carbons (Fsp3) is 0.625. The van der Waals surface area contributed by atoms with Gasteiger partial charge in [0.15, 0.2) is 0 Å². The third-order valence-corrected chi connectivity index (χ3v) is 3.95. The van der Waals surface area contributed by atoms with E-state index >= 15 is 0 Å². The summed E-state index contributed by atoms with van der Waals surface area (Å²) in [7, 11) is 2.25. The van der Waals surface area contributed by atoms with Gasteiger partial charge in [-0.3, -0.25) is 0 Å². The molecule has 2 nitrogen and oxygen atoms in total. The second kappa shape index (κ2) is 6.91. The maximum Gasteiger partial charge on any atom is 0.00193 e. The van der Waals surface area contributed by atoms with Gasteiger partial charge in [0.2, 0.25) is 0 Å². The van der Waals surface area contributed by atoms with Gasteiger partial charge in [-0.2, -0.15) is 0 Å². The number of rotatable bonds is 6. The highest BCUT2D eigenvalue weighted by Gasteiger charge is 2.15. The molecule has 1 unspecified atom stereocenters. The summed E-state index contributed by atoms with van der Waals surface area (Å²) in [6.07, 6.45) is 3.64. The highest BCUT2D eigenvalue weighted by molar-refractivity contribution is 5.22. The molecule has 0 amide bonds. The van der Waals surface area contributed by atoms with E-state index < -0.39 is 0 Å². The molecule has 0 radical (unpaired) electrons. The minimum atomic E-state index is 0.859. The van der Waals surface area contributed by atoms with E-state index in [4.69, 9.17) is 0 Å². The Kier molecular flexibility index (Phi) is 5.21. The van der Waals surface area contributed by atoms with Crippen molar-refractivity contribution in [2.45, 2.75) is 26.2 Å². The van der Waals surface area contributed by atoms with Gasteiger partial charge in [-0.05, 0) is 56.4 Å². The number of benzene rings is 1. The molecule has 1 saturated heterocycles. The van der Waals surface area contributed by atoms with Gasteiger partial charge in [0.25, 0.3) is 0 Å². The molecule has 100 valence electrons. The molecular weight excluding hydrogens is 220 g/mol. The summed E-state index contributed by atoms with van der Waals surface area (Å²) in [5.74, 6) is 0.859. The summed E-state index contributed by atoms with van der Waals surface area (Å²) in [6, 6.07) is 9.08. The predicted molar refractivity (Wildman–Crippen MR) is 78.0 cm³/mol. The molecular formula is C16H26N2. The van der Waals surface area contributed by atoms with E-state index in [9.17, 15) is 0 Å². The number of nitrogens with zero attached hydrogens (tertiary/aromatic N) is 1. The number of nitrogens with one attached hydrogen (secondary N) is 1. The molecule has 0 bridgehead atoms. The molecule has 0 saturated carbocycles. The average Bonchev–Trinajstić information content (AvgIpc) is 2.90. The predicted octanol–water partition coefficient (Wildman–Crippen LogP) is 2.33. The molecule has 0 aromatic heterocycles. The van der Waals surface area contributed by atoms with Crippen LogP contribution in [0.2, 0.25) is 0 Å². The molecule has 18 heavy (non-hydrogen) atoms. The highest BCUT2D eigenvalue weighted by Crippen LogP contribution is 2.10. The van der Waals surface area contributed by atoms with Gasteiger partial charge in [-0.1, -0.05) is 31.2 Å². The van der Waals surface area contributed by atoms with E-state index in [1.807, 2.05) is 0 Å². The van der Waals surface area contributed by atoms with Gasteiger partial charge in [0.05, 0.1) is 0 Å². The fourth-order valence-electron chi connectivity index (χ4n) is 2.66. The highest BCUT2D eigenvalue weighted by atomic mass is 15.1. The second-order valence-corrected chi connectivity index (χ2v) is 5.54. The summed E-state index contributed by atoms with van der Waals surface area (Å²) < 4.78 is 0. The fourth-order valence-corrected chi connectivity index (χ4v) is 2.66. The molecule has 1 N–H and O–H groups in total. The monoisotopic (exact) mass is 246 g/mol. The maximum absolute atomic E-state index is 3.44. The number of aryl methyl sites for hydroxylation is 1. The van der Waals surface area contributed by atoms with Crippen LogP contribution in [0.1, 0.15) is 24.5 Å². The van der Waals surface area contributed by atoms with Gasteiger partial charge in [-0.25, -0.2) is 0 Å². The van der Waals surface area contributed by atoms with Crippen LogP contribution in [0.3, 0.4) is 0 Å². The molecule has 1 fully saturated rings. The summed E-state index contributed by atoms with van der Waals surface area (Å²) in [5, 5.41) is 3.44. The lowest BCUT2D eigenvalue weighted by Gasteiger charge is -2.20. The van der Waals surface area contributed by atoms with Crippen molar-refractivity contribution in [2.24, 2.45) is 5.92 Å². The lowest BCUT2D eigenvalue weighted by atomic mass is 10.1. The van der Waals surface area contributed by atoms with Crippen LogP contribution in [-0.2, 0) is 12.8 Å². The topological polar surface area (TPSA) is 15.3 Å². The van der Waals surface area contributed by atoms with Crippen molar-refractivity contribution in [1.82, 2.24) is 10.2 Å². The van der Waals surface area contributed by atoms with E-state index in [2.05, 4.69) is 48.5 Å². The zero-order valence-electron chi connectivity index (χ0n) is 11.8. The largest absolute Gasteiger partial charge is 0.316 e. The standard InChI is InChI=1S/C16H26N2/c1-3-14-4-6-15(7-5-14)9-11-18(2)13-16-8-10-17-12-16/h4-7,16-17H,3,8-13H2,1-2H3. The molecule has 2 heteroatoms. The first kappa shape index (κ1) is 13.6. The van der Waals surface area contributed by atoms with E-state index in [1.165, 1.54) is 50.1 Å². The van der Waals surface area contributed by atoms with Crippen molar-refractivity contribution in [3.05, 3.63) is 35.4 Å². The van der Waals surface area contributed by atoms with Crippen LogP contribution in [0, 0.1) is 5.92 Å². The van der Waals surface area contributed by atoms with Crippen molar-refractivity contribution < 1.29 is 0 Å². The number of hydrogen-bond donors (Lipinski definition) is 1. The normalized spacial score (nSPS) is 19.6. The first-order chi connectivity index (χ1) is 8.78. The van der Waals surface area contributed by atoms with Crippen molar-refractivity contribution in [2.75, 3.05) is 33.2 Å². The third kappa shape index (κ3) is 4.11. The summed E-state index contributed by atoms with van der Waals surface area (Å²) in [5.41, 5.74) is 2.90. The minimum Gasteiger partial charge on any atom is -0.316 e. The van der Waals surface area contributed by atoms with Crippen LogP contribution < -0.4 is 5.32 Å². The third-order valence-electron chi connectivity index (χ3n) is 3.95. The second-order valence-electron chi connectivity index (χ2n) is 5.54. The van der Waals surface area contributed by atoms with Gasteiger partial charge in [-0.15, -0.1) is 0 Å². The Morgan fingerprint density at radius 3 is 2.56 bits per heavy atom. The minimum absolute atomic E-state index is 0.859. The zero-order valence-corrected chi connectivity index (χ0v) is 11.8. The zero-order chi connectivity index (χ0) is 12.8. The Morgan fingerprint density at radius 1 is 1.22 bits per heavy atom. The van der Waals surface area contributed by atoms with Crippen LogP contribution in [0.4, 0.5) is 0 Å². The van der Waals surface area contributed by atoms with Gasteiger partial charge in [0.1, 0.15) is 0 Å². The van der Waals surface area contributed by atoms with Crippen molar-refractivity contribution in [1.29, 1.82) is 0 Å². The van der Waals surface area contributed by atoms with E-state index in [0.29, 0.717) is 0 Å². The molecule has 0 spiro atoms. The van der Waals surface area contributed by atoms with Crippen molar-refractivity contribution >= 4 is 0 Å². The molecule has 0 aliphatic carbocycles. The van der Waals surface area contributed by atoms with E-state index in [0.717, 1.165) is 12.3 Å². The van der Waals surface area contributed by atoms with Crippen LogP contribution in [0.25, 0.3) is 0 Å². The van der Waals surface area contributed by atoms with Gasteiger partial charge < -0.3 is 10.2 Å². The van der Waals surface area contributed by atoms with Crippen molar-refractivity contribution in [3.8, 4) is 0 Å². The number of likely N-dealkylation sites (N-methyl/N-ethyl adjacent to an activating group) is 1. The molecule has 1 atom stereocenters. The lowest BCUT2D eigenvalue weighted by Crippen LogP contribution is -2.28. The molecule has 2 rings (SSSR count). The Balaban J connectivity index is 1.72. The van der Waals surface area contributed by atoms with Crippen LogP contribution in [0.15, 0.2) is 24.3 Å². The average molecular weight is 246 g/mol. The Bertz CT molecular complexity index is 339. The van der Waals surface area contributed by atoms with Gasteiger partial charge >= 0.3 is 0 Å². The smallest absolute Gasteiger partial charge is 0.00193 e. The van der Waals surface area contributed by atoms with E-state index in [-0.39, 0.29) is 0 Å². The van der Waals surface area contributed by atoms with E-state index in [1.54, 1.807) is 0 Å². The Hall–Kier alpha value is -0.860. The first-order valence-corrected chi connectivity index (χ1v) is 7.25. The molecule has 1 aromatic carbocycles.